The molecule has 8 heteroatoms. The van der Waals surface area contributed by atoms with Crippen molar-refractivity contribution in [3.63, 3.8) is 0 Å². The number of nitrogens with zero attached hydrogens (tertiary/aromatic N) is 4. The van der Waals surface area contributed by atoms with Crippen molar-refractivity contribution < 1.29 is 4.79 Å². The SMILES string of the molecule is Cc1nc(NCCNC(=O)c2nc3ccccc3s2)cc(-n2cccc2)n1. The van der Waals surface area contributed by atoms with Crippen molar-refractivity contribution >= 4 is 33.3 Å². The van der Waals surface area contributed by atoms with E-state index in [0.717, 1.165) is 21.9 Å². The molecule has 2 N–H and O–H groups in total. The van der Waals surface area contributed by atoms with E-state index in [9.17, 15) is 4.79 Å². The highest BCUT2D eigenvalue weighted by molar-refractivity contribution is 7.20. The average molecular weight is 378 g/mol. The van der Waals surface area contributed by atoms with Crippen molar-refractivity contribution in [2.75, 3.05) is 18.4 Å². The zero-order chi connectivity index (χ0) is 18.6. The molecular formula is C19H18N6OS. The smallest absolute Gasteiger partial charge is 0.280 e. The van der Waals surface area contributed by atoms with Crippen LogP contribution in [0.5, 0.6) is 0 Å². The summed E-state index contributed by atoms with van der Waals surface area (Å²) in [4.78, 5) is 25.5. The first-order valence-corrected chi connectivity index (χ1v) is 9.37. The van der Waals surface area contributed by atoms with E-state index in [4.69, 9.17) is 0 Å². The molecule has 3 aromatic heterocycles. The second-order valence-electron chi connectivity index (χ2n) is 5.92. The van der Waals surface area contributed by atoms with E-state index in [1.807, 2.05) is 66.3 Å². The molecular weight excluding hydrogens is 360 g/mol. The Hall–Kier alpha value is -3.26. The van der Waals surface area contributed by atoms with E-state index >= 15 is 0 Å². The highest BCUT2D eigenvalue weighted by Gasteiger charge is 2.11. The van der Waals surface area contributed by atoms with Crippen molar-refractivity contribution in [1.29, 1.82) is 0 Å². The van der Waals surface area contributed by atoms with Crippen LogP contribution in [0, 0.1) is 6.92 Å². The number of carbonyl (C=O) groups excluding carboxylic acids is 1. The predicted molar refractivity (Wildman–Crippen MR) is 107 cm³/mol. The van der Waals surface area contributed by atoms with Crippen molar-refractivity contribution in [3.05, 3.63) is 65.7 Å². The van der Waals surface area contributed by atoms with Gasteiger partial charge in [-0.2, -0.15) is 0 Å². The summed E-state index contributed by atoms with van der Waals surface area (Å²) in [6.07, 6.45) is 3.87. The predicted octanol–water partition coefficient (Wildman–Crippen LogP) is 3.03. The maximum absolute atomic E-state index is 12.3. The largest absolute Gasteiger partial charge is 0.368 e. The van der Waals surface area contributed by atoms with E-state index in [-0.39, 0.29) is 5.91 Å². The molecule has 0 saturated carbocycles. The van der Waals surface area contributed by atoms with E-state index < -0.39 is 0 Å². The molecule has 1 aromatic carbocycles. The van der Waals surface area contributed by atoms with Crippen LogP contribution in [0.15, 0.2) is 54.9 Å². The zero-order valence-corrected chi connectivity index (χ0v) is 15.5. The Morgan fingerprint density at radius 3 is 2.70 bits per heavy atom. The Bertz CT molecular complexity index is 1040. The van der Waals surface area contributed by atoms with Gasteiger partial charge >= 0.3 is 0 Å². The van der Waals surface area contributed by atoms with Gasteiger partial charge in [-0.1, -0.05) is 12.1 Å². The highest BCUT2D eigenvalue weighted by Crippen LogP contribution is 2.21. The molecule has 4 aromatic rings. The van der Waals surface area contributed by atoms with Gasteiger partial charge in [0, 0.05) is 31.5 Å². The number of rotatable bonds is 6. The summed E-state index contributed by atoms with van der Waals surface area (Å²) in [7, 11) is 0. The maximum Gasteiger partial charge on any atom is 0.280 e. The second-order valence-corrected chi connectivity index (χ2v) is 6.95. The molecule has 7 nitrogen and oxygen atoms in total. The number of thiazole rings is 1. The quantitative estimate of drug-likeness (QED) is 0.504. The Morgan fingerprint density at radius 2 is 1.89 bits per heavy atom. The van der Waals surface area contributed by atoms with Gasteiger partial charge in [0.25, 0.3) is 5.91 Å². The Kier molecular flexibility index (Phi) is 4.80. The molecule has 0 unspecified atom stereocenters. The molecule has 4 rings (SSSR count). The number of hydrogen-bond acceptors (Lipinski definition) is 6. The number of aryl methyl sites for hydroxylation is 1. The average Bonchev–Trinajstić information content (AvgIpc) is 3.34. The normalized spacial score (nSPS) is 10.9. The van der Waals surface area contributed by atoms with Crippen LogP contribution in [0.4, 0.5) is 5.82 Å². The zero-order valence-electron chi connectivity index (χ0n) is 14.7. The number of hydrogen-bond donors (Lipinski definition) is 2. The monoisotopic (exact) mass is 378 g/mol. The van der Waals surface area contributed by atoms with Gasteiger partial charge in [0.15, 0.2) is 5.01 Å². The molecule has 0 fully saturated rings. The van der Waals surface area contributed by atoms with Gasteiger partial charge in [-0.3, -0.25) is 4.79 Å². The van der Waals surface area contributed by atoms with Crippen LogP contribution in [0.2, 0.25) is 0 Å². The topological polar surface area (TPSA) is 84.7 Å². The summed E-state index contributed by atoms with van der Waals surface area (Å²) in [5.74, 6) is 2.04. The number of nitrogens with one attached hydrogen (secondary N) is 2. The number of fused-ring (bicyclic) bond motifs is 1. The lowest BCUT2D eigenvalue weighted by atomic mass is 10.3. The summed E-state index contributed by atoms with van der Waals surface area (Å²) in [5, 5.41) is 6.59. The minimum absolute atomic E-state index is 0.162. The van der Waals surface area contributed by atoms with Gasteiger partial charge in [-0.15, -0.1) is 11.3 Å². The standard InChI is InChI=1S/C19H18N6OS/c1-13-22-16(12-17(23-13)25-10-4-5-11-25)20-8-9-21-18(26)19-24-14-6-2-3-7-15(14)27-19/h2-7,10-12H,8-9H2,1H3,(H,21,26)(H,20,22,23). The van der Waals surface area contributed by atoms with E-state index in [0.29, 0.717) is 23.9 Å². The van der Waals surface area contributed by atoms with Gasteiger partial charge < -0.3 is 15.2 Å². The number of anilines is 1. The van der Waals surface area contributed by atoms with Gasteiger partial charge in [0.2, 0.25) is 0 Å². The number of aromatic nitrogens is 4. The highest BCUT2D eigenvalue weighted by atomic mass is 32.1. The van der Waals surface area contributed by atoms with Crippen LogP contribution in [0.25, 0.3) is 16.0 Å². The lowest BCUT2D eigenvalue weighted by Crippen LogP contribution is -2.28. The molecule has 0 aliphatic heterocycles. The maximum atomic E-state index is 12.3. The minimum atomic E-state index is -0.162. The molecule has 136 valence electrons. The number of benzene rings is 1. The van der Waals surface area contributed by atoms with Gasteiger partial charge in [-0.25, -0.2) is 15.0 Å². The number of carbonyl (C=O) groups is 1. The molecule has 1 amide bonds. The van der Waals surface area contributed by atoms with E-state index in [1.165, 1.54) is 11.3 Å². The third-order valence-electron chi connectivity index (χ3n) is 3.90. The van der Waals surface area contributed by atoms with Crippen LogP contribution >= 0.6 is 11.3 Å². The molecule has 0 saturated heterocycles. The van der Waals surface area contributed by atoms with Gasteiger partial charge in [0.1, 0.15) is 17.5 Å². The first-order chi connectivity index (χ1) is 13.2. The third kappa shape index (κ3) is 3.95. The van der Waals surface area contributed by atoms with Crippen LogP contribution < -0.4 is 10.6 Å². The van der Waals surface area contributed by atoms with Gasteiger partial charge in [0.05, 0.1) is 10.2 Å². The summed E-state index contributed by atoms with van der Waals surface area (Å²) in [6, 6.07) is 13.5. The number of para-hydroxylation sites is 1. The molecule has 0 atom stereocenters. The lowest BCUT2D eigenvalue weighted by molar-refractivity contribution is 0.0955. The molecule has 0 radical (unpaired) electrons. The van der Waals surface area contributed by atoms with Gasteiger partial charge in [-0.05, 0) is 31.2 Å². The van der Waals surface area contributed by atoms with E-state index in [2.05, 4.69) is 25.6 Å². The van der Waals surface area contributed by atoms with Crippen molar-refractivity contribution in [3.8, 4) is 5.82 Å². The summed E-state index contributed by atoms with van der Waals surface area (Å²) >= 11 is 1.40. The van der Waals surface area contributed by atoms with Crippen LogP contribution in [-0.4, -0.2) is 38.5 Å². The Morgan fingerprint density at radius 1 is 1.07 bits per heavy atom. The van der Waals surface area contributed by atoms with E-state index in [1.54, 1.807) is 0 Å². The fourth-order valence-corrected chi connectivity index (χ4v) is 3.56. The fraction of sp³-hybridized carbons (Fsp3) is 0.158. The minimum Gasteiger partial charge on any atom is -0.368 e. The first kappa shape index (κ1) is 17.2. The summed E-state index contributed by atoms with van der Waals surface area (Å²) in [6.45, 7) is 2.88. The van der Waals surface area contributed by atoms with Crippen molar-refractivity contribution in [1.82, 2.24) is 24.8 Å². The second kappa shape index (κ2) is 7.55. The summed E-state index contributed by atoms with van der Waals surface area (Å²) < 4.78 is 2.93. The third-order valence-corrected chi connectivity index (χ3v) is 4.93. The Labute approximate surface area is 160 Å². The molecule has 27 heavy (non-hydrogen) atoms. The van der Waals surface area contributed by atoms with Crippen LogP contribution in [0.1, 0.15) is 15.6 Å². The van der Waals surface area contributed by atoms with Crippen molar-refractivity contribution in [2.45, 2.75) is 6.92 Å². The molecule has 0 aliphatic rings. The number of amides is 1. The van der Waals surface area contributed by atoms with Crippen LogP contribution in [-0.2, 0) is 0 Å². The Balaban J connectivity index is 1.34. The lowest BCUT2D eigenvalue weighted by Gasteiger charge is -2.09. The summed E-state index contributed by atoms with van der Waals surface area (Å²) in [5.41, 5.74) is 0.847. The molecule has 0 aliphatic carbocycles. The molecule has 3 heterocycles. The first-order valence-electron chi connectivity index (χ1n) is 8.56. The molecule has 0 spiro atoms. The fourth-order valence-electron chi connectivity index (χ4n) is 2.67. The van der Waals surface area contributed by atoms with Crippen molar-refractivity contribution in [2.24, 2.45) is 0 Å². The molecule has 0 bridgehead atoms. The van der Waals surface area contributed by atoms with Crippen LogP contribution in [0.3, 0.4) is 0 Å².